The molecule has 0 aliphatic rings. The van der Waals surface area contributed by atoms with Crippen molar-refractivity contribution >= 4 is 27.2 Å². The van der Waals surface area contributed by atoms with Gasteiger partial charge in [0, 0.05) is 11.8 Å². The number of ether oxygens (including phenoxy) is 1. The Hall–Kier alpha value is -3.62. The number of carbonyl (C=O) groups is 1. The summed E-state index contributed by atoms with van der Waals surface area (Å²) >= 11 is 0. The summed E-state index contributed by atoms with van der Waals surface area (Å²) < 4.78 is 32.7. The van der Waals surface area contributed by atoms with E-state index in [2.05, 4.69) is 4.72 Å². The zero-order valence-electron chi connectivity index (χ0n) is 16.1. The van der Waals surface area contributed by atoms with Gasteiger partial charge in [0.25, 0.3) is 15.9 Å². The van der Waals surface area contributed by atoms with Gasteiger partial charge in [0.2, 0.25) is 0 Å². The summed E-state index contributed by atoms with van der Waals surface area (Å²) in [6, 6.07) is 21.8. The maximum Gasteiger partial charge on any atom is 0.267 e. The number of nitrogens with one attached hydrogen (secondary N) is 2. The minimum atomic E-state index is -3.76. The Kier molecular flexibility index (Phi) is 6.51. The second-order valence-corrected chi connectivity index (χ2v) is 7.94. The standard InChI is InChI=1S/C22H20N2O5S/c1-29-19-11-13-20(14-12-19)30(27,28)24-18-9-7-17(8-10-18)21(15-22(25)23-26)16-5-3-2-4-6-16/h2-15,24,26H,1H3,(H,23,25)/b21-15-. The van der Waals surface area contributed by atoms with E-state index >= 15 is 0 Å². The quantitative estimate of drug-likeness (QED) is 0.306. The van der Waals surface area contributed by atoms with E-state index in [0.717, 1.165) is 5.56 Å². The second-order valence-electron chi connectivity index (χ2n) is 6.26. The lowest BCUT2D eigenvalue weighted by Crippen LogP contribution is -2.16. The largest absolute Gasteiger partial charge is 0.497 e. The number of hydrogen-bond donors (Lipinski definition) is 3. The predicted molar refractivity (Wildman–Crippen MR) is 114 cm³/mol. The van der Waals surface area contributed by atoms with E-state index in [0.29, 0.717) is 22.6 Å². The summed E-state index contributed by atoms with van der Waals surface area (Å²) in [5, 5.41) is 8.86. The third-order valence-corrected chi connectivity index (χ3v) is 5.69. The van der Waals surface area contributed by atoms with Gasteiger partial charge >= 0.3 is 0 Å². The zero-order valence-corrected chi connectivity index (χ0v) is 16.9. The molecule has 1 amide bonds. The Labute approximate surface area is 174 Å². The Morgan fingerprint density at radius 2 is 1.50 bits per heavy atom. The molecule has 0 saturated carbocycles. The van der Waals surface area contributed by atoms with E-state index in [1.54, 1.807) is 41.9 Å². The summed E-state index contributed by atoms with van der Waals surface area (Å²) in [4.78, 5) is 11.8. The average Bonchev–Trinajstić information content (AvgIpc) is 2.78. The van der Waals surface area contributed by atoms with E-state index in [1.807, 2.05) is 30.3 Å². The summed E-state index contributed by atoms with van der Waals surface area (Å²) in [6.07, 6.45) is 1.27. The van der Waals surface area contributed by atoms with Gasteiger partial charge in [-0.15, -0.1) is 0 Å². The van der Waals surface area contributed by atoms with Crippen molar-refractivity contribution in [3.05, 3.63) is 96.1 Å². The molecule has 0 unspecified atom stereocenters. The third kappa shape index (κ3) is 5.05. The lowest BCUT2D eigenvalue weighted by atomic mass is 9.97. The Bertz CT molecular complexity index is 1140. The number of sulfonamides is 1. The van der Waals surface area contributed by atoms with E-state index in [-0.39, 0.29) is 4.90 Å². The minimum Gasteiger partial charge on any atom is -0.497 e. The molecular weight excluding hydrogens is 404 g/mol. The van der Waals surface area contributed by atoms with Gasteiger partial charge in [0.1, 0.15) is 5.75 Å². The highest BCUT2D eigenvalue weighted by Crippen LogP contribution is 2.26. The maximum absolute atomic E-state index is 12.6. The zero-order chi connectivity index (χ0) is 21.6. The first-order valence-corrected chi connectivity index (χ1v) is 10.4. The van der Waals surface area contributed by atoms with Crippen LogP contribution in [0.25, 0.3) is 5.57 Å². The van der Waals surface area contributed by atoms with E-state index in [4.69, 9.17) is 9.94 Å². The van der Waals surface area contributed by atoms with E-state index < -0.39 is 15.9 Å². The molecule has 154 valence electrons. The molecule has 3 N–H and O–H groups in total. The number of methoxy groups -OCH3 is 1. The SMILES string of the molecule is COc1ccc(S(=O)(=O)Nc2ccc(/C(=C\C(=O)NO)c3ccccc3)cc2)cc1. The lowest BCUT2D eigenvalue weighted by molar-refractivity contribution is -0.124. The molecule has 0 aromatic heterocycles. The topological polar surface area (TPSA) is 105 Å². The van der Waals surface area contributed by atoms with Crippen LogP contribution in [0.2, 0.25) is 0 Å². The van der Waals surface area contributed by atoms with Gasteiger partial charge in [-0.3, -0.25) is 14.7 Å². The van der Waals surface area contributed by atoms with E-state index in [1.165, 1.54) is 25.3 Å². The number of benzene rings is 3. The first-order valence-electron chi connectivity index (χ1n) is 8.91. The number of hydroxylamine groups is 1. The number of amides is 1. The van der Waals surface area contributed by atoms with Gasteiger partial charge in [-0.25, -0.2) is 13.9 Å². The molecule has 3 aromatic carbocycles. The molecule has 0 spiro atoms. The number of hydrogen-bond acceptors (Lipinski definition) is 5. The fraction of sp³-hybridized carbons (Fsp3) is 0.0455. The van der Waals surface area contributed by atoms with Gasteiger partial charge in [-0.05, 0) is 53.1 Å². The number of rotatable bonds is 7. The predicted octanol–water partition coefficient (Wildman–Crippen LogP) is 3.43. The van der Waals surface area contributed by atoms with Crippen molar-refractivity contribution in [3.8, 4) is 5.75 Å². The van der Waals surface area contributed by atoms with Gasteiger partial charge in [0.15, 0.2) is 0 Å². The number of anilines is 1. The van der Waals surface area contributed by atoms with Crippen LogP contribution in [0, 0.1) is 0 Å². The molecule has 0 aliphatic carbocycles. The molecule has 7 nitrogen and oxygen atoms in total. The highest BCUT2D eigenvalue weighted by atomic mass is 32.2. The molecule has 0 heterocycles. The van der Waals surface area contributed by atoms with Crippen LogP contribution >= 0.6 is 0 Å². The van der Waals surface area contributed by atoms with Crippen molar-refractivity contribution in [1.82, 2.24) is 5.48 Å². The normalized spacial score (nSPS) is 11.6. The first kappa shape index (κ1) is 21.1. The molecule has 0 atom stereocenters. The van der Waals surface area contributed by atoms with Crippen LogP contribution in [-0.4, -0.2) is 26.6 Å². The van der Waals surface area contributed by atoms with Crippen LogP contribution in [0.3, 0.4) is 0 Å². The smallest absolute Gasteiger partial charge is 0.267 e. The molecule has 3 aromatic rings. The van der Waals surface area contributed by atoms with Crippen LogP contribution in [0.5, 0.6) is 5.75 Å². The van der Waals surface area contributed by atoms with Crippen molar-refractivity contribution in [1.29, 1.82) is 0 Å². The molecule has 0 aliphatic heterocycles. The van der Waals surface area contributed by atoms with Crippen molar-refractivity contribution < 1.29 is 23.2 Å². The Morgan fingerprint density at radius 1 is 0.900 bits per heavy atom. The fourth-order valence-corrected chi connectivity index (χ4v) is 3.86. The number of carbonyl (C=O) groups excluding carboxylic acids is 1. The minimum absolute atomic E-state index is 0.108. The highest BCUT2D eigenvalue weighted by molar-refractivity contribution is 7.92. The Morgan fingerprint density at radius 3 is 2.07 bits per heavy atom. The molecular formula is C22H20N2O5S. The molecule has 0 saturated heterocycles. The summed E-state index contributed by atoms with van der Waals surface area (Å²) in [5.41, 5.74) is 3.98. The Balaban J connectivity index is 1.87. The van der Waals surface area contributed by atoms with Crippen LogP contribution < -0.4 is 14.9 Å². The molecule has 0 bridgehead atoms. The first-order chi connectivity index (χ1) is 14.4. The molecule has 0 fully saturated rings. The van der Waals surface area contributed by atoms with Crippen LogP contribution in [0.15, 0.2) is 89.8 Å². The van der Waals surface area contributed by atoms with Crippen LogP contribution in [0.1, 0.15) is 11.1 Å². The van der Waals surface area contributed by atoms with Gasteiger partial charge in [0.05, 0.1) is 12.0 Å². The van der Waals surface area contributed by atoms with Gasteiger partial charge in [-0.1, -0.05) is 42.5 Å². The highest BCUT2D eigenvalue weighted by Gasteiger charge is 2.15. The molecule has 3 rings (SSSR count). The average molecular weight is 424 g/mol. The van der Waals surface area contributed by atoms with Crippen molar-refractivity contribution in [3.63, 3.8) is 0 Å². The van der Waals surface area contributed by atoms with Crippen molar-refractivity contribution in [2.75, 3.05) is 11.8 Å². The fourth-order valence-electron chi connectivity index (χ4n) is 2.80. The summed E-state index contributed by atoms with van der Waals surface area (Å²) in [6.45, 7) is 0. The monoisotopic (exact) mass is 424 g/mol. The van der Waals surface area contributed by atoms with Crippen LogP contribution in [0.4, 0.5) is 5.69 Å². The van der Waals surface area contributed by atoms with Crippen LogP contribution in [-0.2, 0) is 14.8 Å². The van der Waals surface area contributed by atoms with Gasteiger partial charge < -0.3 is 4.74 Å². The third-order valence-electron chi connectivity index (χ3n) is 4.29. The molecule has 30 heavy (non-hydrogen) atoms. The molecule has 8 heteroatoms. The summed E-state index contributed by atoms with van der Waals surface area (Å²) in [5.74, 6) is -0.108. The summed E-state index contributed by atoms with van der Waals surface area (Å²) in [7, 11) is -2.26. The van der Waals surface area contributed by atoms with Crippen molar-refractivity contribution in [2.45, 2.75) is 4.90 Å². The van der Waals surface area contributed by atoms with Gasteiger partial charge in [-0.2, -0.15) is 0 Å². The maximum atomic E-state index is 12.6. The van der Waals surface area contributed by atoms with Crippen molar-refractivity contribution in [2.24, 2.45) is 0 Å². The second kappa shape index (κ2) is 9.25. The van der Waals surface area contributed by atoms with E-state index in [9.17, 15) is 13.2 Å². The molecule has 0 radical (unpaired) electrons. The lowest BCUT2D eigenvalue weighted by Gasteiger charge is -2.11.